The highest BCUT2D eigenvalue weighted by molar-refractivity contribution is 7.99. The van der Waals surface area contributed by atoms with E-state index in [4.69, 9.17) is 0 Å². The van der Waals surface area contributed by atoms with Crippen molar-refractivity contribution in [2.24, 2.45) is 0 Å². The third-order valence-corrected chi connectivity index (χ3v) is 7.17. The van der Waals surface area contributed by atoms with Gasteiger partial charge in [0.1, 0.15) is 12.1 Å². The number of benzene rings is 1. The van der Waals surface area contributed by atoms with Crippen LogP contribution in [-0.4, -0.2) is 52.4 Å². The molecule has 0 aromatic heterocycles. The van der Waals surface area contributed by atoms with Gasteiger partial charge in [-0.15, -0.1) is 0 Å². The molecular weight excluding hydrogens is 417 g/mol. The van der Waals surface area contributed by atoms with Crippen LogP contribution >= 0.6 is 11.9 Å². The lowest BCUT2D eigenvalue weighted by Crippen LogP contribution is -2.26. The predicted octanol–water partition coefficient (Wildman–Crippen LogP) is 3.47. The molecule has 8 heteroatoms. The fourth-order valence-electron chi connectivity index (χ4n) is 3.79. The predicted molar refractivity (Wildman–Crippen MR) is 123 cm³/mol. The SMILES string of the molecule is C/C(C=O)=C(Nc1ccc(C)cc1F)/C(NSC1(CC(O)CO)CC1)=C1/CCCN1C. The molecule has 1 atom stereocenters. The van der Waals surface area contributed by atoms with E-state index < -0.39 is 6.10 Å². The number of rotatable bonds is 10. The lowest BCUT2D eigenvalue weighted by molar-refractivity contribution is -0.104. The maximum Gasteiger partial charge on any atom is 0.147 e. The molecule has 1 aliphatic heterocycles. The van der Waals surface area contributed by atoms with Gasteiger partial charge in [0.05, 0.1) is 29.8 Å². The average Bonchev–Trinajstić information content (AvgIpc) is 3.38. The van der Waals surface area contributed by atoms with Crippen molar-refractivity contribution < 1.29 is 19.4 Å². The molecule has 0 bridgehead atoms. The minimum atomic E-state index is -0.756. The highest BCUT2D eigenvalue weighted by Gasteiger charge is 2.45. The number of likely N-dealkylation sites (tertiary alicyclic amines) is 1. The van der Waals surface area contributed by atoms with Crippen LogP contribution in [0.15, 0.2) is 40.9 Å². The first kappa shape index (κ1) is 23.6. The Morgan fingerprint density at radius 1 is 1.42 bits per heavy atom. The van der Waals surface area contributed by atoms with Crippen LogP contribution in [0.1, 0.15) is 44.6 Å². The van der Waals surface area contributed by atoms with Crippen molar-refractivity contribution in [2.45, 2.75) is 56.8 Å². The topological polar surface area (TPSA) is 84.8 Å². The van der Waals surface area contributed by atoms with E-state index in [-0.39, 0.29) is 17.2 Å². The van der Waals surface area contributed by atoms with E-state index in [0.29, 0.717) is 23.4 Å². The molecule has 2 aliphatic rings. The zero-order valence-corrected chi connectivity index (χ0v) is 19.2. The highest BCUT2D eigenvalue weighted by atomic mass is 32.2. The summed E-state index contributed by atoms with van der Waals surface area (Å²) in [6, 6.07) is 4.96. The molecule has 1 saturated carbocycles. The normalized spacial score (nSPS) is 20.8. The summed E-state index contributed by atoms with van der Waals surface area (Å²) >= 11 is 1.51. The van der Waals surface area contributed by atoms with E-state index in [1.165, 1.54) is 18.0 Å². The molecule has 170 valence electrons. The number of nitrogens with one attached hydrogen (secondary N) is 2. The highest BCUT2D eigenvalue weighted by Crippen LogP contribution is 2.51. The lowest BCUT2D eigenvalue weighted by Gasteiger charge is -2.26. The fourth-order valence-corrected chi connectivity index (χ4v) is 4.91. The molecule has 0 radical (unpaired) electrons. The number of hydrogen-bond donors (Lipinski definition) is 4. The standard InChI is InChI=1S/C23H32FN3O3S/c1-15-6-7-19(18(24)11-15)25-21(16(2)13-28)22(20-5-4-10-27(20)3)26-31-23(8-9-23)12-17(30)14-29/h6-7,11,13,17,25-26,29-30H,4-5,8-10,12,14H2,1-3H3/b21-16+,22-20+. The van der Waals surface area contributed by atoms with Crippen LogP contribution < -0.4 is 10.0 Å². The summed E-state index contributed by atoms with van der Waals surface area (Å²) in [6.45, 7) is 4.19. The maximum absolute atomic E-state index is 14.6. The summed E-state index contributed by atoms with van der Waals surface area (Å²) in [6.07, 6.45) is 4.23. The second-order valence-electron chi connectivity index (χ2n) is 8.56. The number of aliphatic hydroxyl groups excluding tert-OH is 2. The number of allylic oxidation sites excluding steroid dienone is 2. The molecule has 4 N–H and O–H groups in total. The molecule has 0 spiro atoms. The summed E-state index contributed by atoms with van der Waals surface area (Å²) in [7, 11) is 2.01. The summed E-state index contributed by atoms with van der Waals surface area (Å²) in [4.78, 5) is 13.9. The first-order valence-electron chi connectivity index (χ1n) is 10.7. The van der Waals surface area contributed by atoms with Gasteiger partial charge >= 0.3 is 0 Å². The first-order valence-corrected chi connectivity index (χ1v) is 11.5. The van der Waals surface area contributed by atoms with Gasteiger partial charge in [-0.2, -0.15) is 0 Å². The Kier molecular flexibility index (Phi) is 7.67. The Morgan fingerprint density at radius 3 is 2.71 bits per heavy atom. The zero-order chi connectivity index (χ0) is 22.6. The zero-order valence-electron chi connectivity index (χ0n) is 18.4. The van der Waals surface area contributed by atoms with Crippen LogP contribution in [0.5, 0.6) is 0 Å². The van der Waals surface area contributed by atoms with Gasteiger partial charge in [-0.25, -0.2) is 4.39 Å². The third kappa shape index (κ3) is 5.81. The van der Waals surface area contributed by atoms with Crippen molar-refractivity contribution >= 4 is 23.9 Å². The molecule has 1 unspecified atom stereocenters. The fraction of sp³-hybridized carbons (Fsp3) is 0.522. The minimum Gasteiger partial charge on any atom is -0.394 e. The summed E-state index contributed by atoms with van der Waals surface area (Å²) < 4.78 is 17.9. The molecule has 0 amide bonds. The Labute approximate surface area is 187 Å². The average molecular weight is 450 g/mol. The monoisotopic (exact) mass is 449 g/mol. The van der Waals surface area contributed by atoms with Gasteiger partial charge in [0.2, 0.25) is 0 Å². The Balaban J connectivity index is 1.93. The van der Waals surface area contributed by atoms with Crippen LogP contribution in [0, 0.1) is 12.7 Å². The number of aldehydes is 1. The molecule has 1 aromatic rings. The molecule has 6 nitrogen and oxygen atoms in total. The molecule has 1 saturated heterocycles. The smallest absolute Gasteiger partial charge is 0.147 e. The van der Waals surface area contributed by atoms with E-state index in [1.807, 2.05) is 20.0 Å². The largest absolute Gasteiger partial charge is 0.394 e. The van der Waals surface area contributed by atoms with Gasteiger partial charge in [-0.1, -0.05) is 6.07 Å². The molecule has 1 heterocycles. The van der Waals surface area contributed by atoms with Gasteiger partial charge in [-0.05, 0) is 75.6 Å². The Morgan fingerprint density at radius 2 is 2.16 bits per heavy atom. The molecule has 3 rings (SSSR count). The van der Waals surface area contributed by atoms with Crippen LogP contribution in [-0.2, 0) is 4.79 Å². The van der Waals surface area contributed by atoms with Crippen molar-refractivity contribution in [3.63, 3.8) is 0 Å². The first-order chi connectivity index (χ1) is 14.8. The van der Waals surface area contributed by atoms with Crippen molar-refractivity contribution in [3.05, 3.63) is 52.2 Å². The summed E-state index contributed by atoms with van der Waals surface area (Å²) in [5.41, 5.74) is 3.97. The summed E-state index contributed by atoms with van der Waals surface area (Å²) in [5, 5.41) is 22.3. The van der Waals surface area contributed by atoms with E-state index >= 15 is 0 Å². The molecule has 2 fully saturated rings. The number of aliphatic hydroxyl groups is 2. The number of hydrogen-bond acceptors (Lipinski definition) is 7. The molecule has 1 aliphatic carbocycles. The van der Waals surface area contributed by atoms with E-state index in [9.17, 15) is 19.4 Å². The Hall–Kier alpha value is -2.03. The van der Waals surface area contributed by atoms with Crippen molar-refractivity contribution in [1.29, 1.82) is 0 Å². The van der Waals surface area contributed by atoms with E-state index in [1.54, 1.807) is 13.0 Å². The number of anilines is 1. The van der Waals surface area contributed by atoms with Gasteiger partial charge in [0, 0.05) is 29.6 Å². The summed E-state index contributed by atoms with van der Waals surface area (Å²) in [5.74, 6) is -0.377. The minimum absolute atomic E-state index is 0.152. The quantitative estimate of drug-likeness (QED) is 0.247. The lowest BCUT2D eigenvalue weighted by atomic mass is 10.1. The number of halogens is 1. The molecule has 31 heavy (non-hydrogen) atoms. The van der Waals surface area contributed by atoms with Crippen LogP contribution in [0.2, 0.25) is 0 Å². The number of carbonyl (C=O) groups is 1. The van der Waals surface area contributed by atoms with Crippen molar-refractivity contribution in [1.82, 2.24) is 9.62 Å². The number of aryl methyl sites for hydroxylation is 1. The van der Waals surface area contributed by atoms with Crippen molar-refractivity contribution in [2.75, 3.05) is 25.5 Å². The van der Waals surface area contributed by atoms with Gasteiger partial charge < -0.3 is 25.2 Å². The van der Waals surface area contributed by atoms with Crippen molar-refractivity contribution in [3.8, 4) is 0 Å². The van der Waals surface area contributed by atoms with Crippen LogP contribution in [0.25, 0.3) is 0 Å². The number of carbonyl (C=O) groups excluding carboxylic acids is 1. The van der Waals surface area contributed by atoms with E-state index in [0.717, 1.165) is 55.5 Å². The second-order valence-corrected chi connectivity index (χ2v) is 9.83. The van der Waals surface area contributed by atoms with Gasteiger partial charge in [-0.3, -0.25) is 4.79 Å². The van der Waals surface area contributed by atoms with Gasteiger partial charge in [0.15, 0.2) is 0 Å². The van der Waals surface area contributed by atoms with Crippen LogP contribution in [0.4, 0.5) is 10.1 Å². The van der Waals surface area contributed by atoms with E-state index in [2.05, 4.69) is 14.9 Å². The second kappa shape index (κ2) is 10.1. The Bertz CT molecular complexity index is 883. The molecule has 1 aromatic carbocycles. The third-order valence-electron chi connectivity index (χ3n) is 5.86. The maximum atomic E-state index is 14.6. The van der Waals surface area contributed by atoms with Crippen LogP contribution in [0.3, 0.4) is 0 Å². The van der Waals surface area contributed by atoms with Gasteiger partial charge in [0.25, 0.3) is 0 Å². The molecular formula is C23H32FN3O3S. The number of nitrogens with zero attached hydrogens (tertiary/aromatic N) is 1.